The number of amides is 3. The van der Waals surface area contributed by atoms with Gasteiger partial charge in [-0.1, -0.05) is 0 Å². The maximum Gasteiger partial charge on any atom is 0.409 e. The molecule has 0 unspecified atom stereocenters. The molecule has 10 nitrogen and oxygen atoms in total. The van der Waals surface area contributed by atoms with Gasteiger partial charge in [-0.15, -0.1) is 11.3 Å². The summed E-state index contributed by atoms with van der Waals surface area (Å²) in [5, 5.41) is 16.4. The highest BCUT2D eigenvalue weighted by atomic mass is 32.1. The molecular formula is C18H18N4O6S. The van der Waals surface area contributed by atoms with Gasteiger partial charge in [0.05, 0.1) is 24.1 Å². The lowest BCUT2D eigenvalue weighted by atomic mass is 10.0. The van der Waals surface area contributed by atoms with Crippen molar-refractivity contribution in [2.45, 2.75) is 13.0 Å². The Balaban J connectivity index is 1.89. The minimum Gasteiger partial charge on any atom is -0.453 e. The number of non-ortho nitro benzene ring substituents is 1. The largest absolute Gasteiger partial charge is 0.453 e. The SMILES string of the molecule is CNC(=O)c1c(NC(=O)c2ccc([N+](=O)[O-])cc2)sc2c1CCN(C(=O)OC)C2. The Labute approximate surface area is 169 Å². The van der Waals surface area contributed by atoms with Crippen LogP contribution in [0.5, 0.6) is 0 Å². The Morgan fingerprint density at radius 2 is 1.90 bits per heavy atom. The fourth-order valence-electron chi connectivity index (χ4n) is 3.05. The first-order chi connectivity index (χ1) is 13.8. The highest BCUT2D eigenvalue weighted by Gasteiger charge is 2.30. The Bertz CT molecular complexity index is 985. The number of nitro groups is 1. The smallest absolute Gasteiger partial charge is 0.409 e. The summed E-state index contributed by atoms with van der Waals surface area (Å²) < 4.78 is 4.75. The predicted molar refractivity (Wildman–Crippen MR) is 105 cm³/mol. The number of ether oxygens (including phenoxy) is 1. The van der Waals surface area contributed by atoms with E-state index in [0.29, 0.717) is 23.5 Å². The molecule has 0 saturated carbocycles. The van der Waals surface area contributed by atoms with Crippen molar-refractivity contribution in [3.8, 4) is 0 Å². The molecule has 0 radical (unpaired) electrons. The van der Waals surface area contributed by atoms with Gasteiger partial charge in [-0.05, 0) is 24.1 Å². The van der Waals surface area contributed by atoms with E-state index in [4.69, 9.17) is 4.74 Å². The third-order valence-corrected chi connectivity index (χ3v) is 5.64. The van der Waals surface area contributed by atoms with Crippen molar-refractivity contribution in [1.29, 1.82) is 0 Å². The normalized spacial score (nSPS) is 12.7. The maximum atomic E-state index is 12.6. The fraction of sp³-hybridized carbons (Fsp3) is 0.278. The number of benzene rings is 1. The lowest BCUT2D eigenvalue weighted by Gasteiger charge is -2.25. The number of hydrogen-bond acceptors (Lipinski definition) is 7. The summed E-state index contributed by atoms with van der Waals surface area (Å²) in [7, 11) is 2.80. The van der Waals surface area contributed by atoms with Crippen LogP contribution in [0.4, 0.5) is 15.5 Å². The average Bonchev–Trinajstić information content (AvgIpc) is 3.09. The molecule has 0 spiro atoms. The molecule has 3 rings (SSSR count). The van der Waals surface area contributed by atoms with Crippen molar-refractivity contribution in [3.05, 3.63) is 55.9 Å². The summed E-state index contributed by atoms with van der Waals surface area (Å²) in [6.45, 7) is 0.681. The molecule has 1 aliphatic heterocycles. The molecule has 0 bridgehead atoms. The number of fused-ring (bicyclic) bond motifs is 1. The van der Waals surface area contributed by atoms with Gasteiger partial charge in [0.25, 0.3) is 17.5 Å². The van der Waals surface area contributed by atoms with Crippen molar-refractivity contribution >= 4 is 39.9 Å². The predicted octanol–water partition coefficient (Wildman–Crippen LogP) is 2.39. The first-order valence-corrected chi connectivity index (χ1v) is 9.42. The van der Waals surface area contributed by atoms with Crippen LogP contribution in [-0.2, 0) is 17.7 Å². The molecular weight excluding hydrogens is 400 g/mol. The Hall–Kier alpha value is -3.47. The summed E-state index contributed by atoms with van der Waals surface area (Å²) in [5.74, 6) is -0.832. The zero-order valence-electron chi connectivity index (χ0n) is 15.7. The number of hydrogen-bond donors (Lipinski definition) is 2. The summed E-state index contributed by atoms with van der Waals surface area (Å²) in [4.78, 5) is 49.4. The van der Waals surface area contributed by atoms with Gasteiger partial charge in [0.15, 0.2) is 0 Å². The van der Waals surface area contributed by atoms with Crippen LogP contribution in [0.25, 0.3) is 0 Å². The summed E-state index contributed by atoms with van der Waals surface area (Å²) in [6.07, 6.45) is -0.00103. The molecule has 152 valence electrons. The average molecular weight is 418 g/mol. The van der Waals surface area contributed by atoms with Gasteiger partial charge in [-0.2, -0.15) is 0 Å². The van der Waals surface area contributed by atoms with Gasteiger partial charge in [-0.25, -0.2) is 4.79 Å². The molecule has 3 amide bonds. The van der Waals surface area contributed by atoms with E-state index in [1.165, 1.54) is 54.7 Å². The fourth-order valence-corrected chi connectivity index (χ4v) is 4.31. The zero-order chi connectivity index (χ0) is 21.1. The molecule has 0 fully saturated rings. The number of methoxy groups -OCH3 is 1. The molecule has 0 aliphatic carbocycles. The van der Waals surface area contributed by atoms with E-state index >= 15 is 0 Å². The van der Waals surface area contributed by atoms with Gasteiger partial charge in [0.1, 0.15) is 5.00 Å². The van der Waals surface area contributed by atoms with Crippen LogP contribution >= 0.6 is 11.3 Å². The van der Waals surface area contributed by atoms with E-state index in [2.05, 4.69) is 10.6 Å². The van der Waals surface area contributed by atoms with Crippen LogP contribution in [0.15, 0.2) is 24.3 Å². The molecule has 1 aromatic carbocycles. The molecule has 11 heteroatoms. The van der Waals surface area contributed by atoms with Crippen LogP contribution < -0.4 is 10.6 Å². The number of rotatable bonds is 4. The van der Waals surface area contributed by atoms with E-state index < -0.39 is 16.9 Å². The molecule has 2 aromatic rings. The number of carbonyl (C=O) groups is 3. The standard InChI is InChI=1S/C18H18N4O6S/c1-19-16(24)14-12-7-8-21(18(25)28-2)9-13(12)29-17(14)20-15(23)10-3-5-11(6-4-10)22(26)27/h3-6H,7-9H2,1-2H3,(H,19,24)(H,20,23). The van der Waals surface area contributed by atoms with Crippen molar-refractivity contribution in [2.24, 2.45) is 0 Å². The number of nitrogens with one attached hydrogen (secondary N) is 2. The van der Waals surface area contributed by atoms with E-state index in [9.17, 15) is 24.5 Å². The van der Waals surface area contributed by atoms with Crippen LogP contribution in [0.3, 0.4) is 0 Å². The number of anilines is 1. The Morgan fingerprint density at radius 1 is 1.21 bits per heavy atom. The van der Waals surface area contributed by atoms with Gasteiger partial charge in [0.2, 0.25) is 0 Å². The summed E-state index contributed by atoms with van der Waals surface area (Å²) >= 11 is 1.22. The Morgan fingerprint density at radius 3 is 2.48 bits per heavy atom. The molecule has 2 N–H and O–H groups in total. The minimum absolute atomic E-state index is 0.123. The summed E-state index contributed by atoms with van der Waals surface area (Å²) in [6, 6.07) is 5.17. The van der Waals surface area contributed by atoms with Crippen LogP contribution in [0.1, 0.15) is 31.2 Å². The van der Waals surface area contributed by atoms with Gasteiger partial charge < -0.3 is 20.3 Å². The monoisotopic (exact) mass is 418 g/mol. The van der Waals surface area contributed by atoms with Crippen LogP contribution in [0.2, 0.25) is 0 Å². The molecule has 0 saturated heterocycles. The number of thiophene rings is 1. The van der Waals surface area contributed by atoms with Crippen molar-refractivity contribution in [3.63, 3.8) is 0 Å². The molecule has 1 aliphatic rings. The number of carbonyl (C=O) groups excluding carboxylic acids is 3. The zero-order valence-corrected chi connectivity index (χ0v) is 16.5. The first kappa shape index (κ1) is 20.3. The molecule has 1 aromatic heterocycles. The quantitative estimate of drug-likeness (QED) is 0.579. The third kappa shape index (κ3) is 4.04. The lowest BCUT2D eigenvalue weighted by Crippen LogP contribution is -2.35. The van der Waals surface area contributed by atoms with Crippen molar-refractivity contribution in [2.75, 3.05) is 26.0 Å². The number of nitrogens with zero attached hydrogens (tertiary/aromatic N) is 2. The van der Waals surface area contributed by atoms with E-state index in [1.54, 1.807) is 0 Å². The first-order valence-electron chi connectivity index (χ1n) is 8.61. The highest BCUT2D eigenvalue weighted by Crippen LogP contribution is 2.37. The van der Waals surface area contributed by atoms with E-state index in [0.717, 1.165) is 10.4 Å². The molecule has 2 heterocycles. The maximum absolute atomic E-state index is 12.6. The highest BCUT2D eigenvalue weighted by molar-refractivity contribution is 7.17. The molecule has 29 heavy (non-hydrogen) atoms. The van der Waals surface area contributed by atoms with Gasteiger partial charge in [-0.3, -0.25) is 19.7 Å². The molecule has 0 atom stereocenters. The summed E-state index contributed by atoms with van der Waals surface area (Å²) in [5.41, 5.74) is 1.25. The van der Waals surface area contributed by atoms with Crippen LogP contribution in [-0.4, -0.2) is 48.4 Å². The van der Waals surface area contributed by atoms with Crippen molar-refractivity contribution < 1.29 is 24.0 Å². The van der Waals surface area contributed by atoms with E-state index in [-0.39, 0.29) is 23.7 Å². The second-order valence-electron chi connectivity index (χ2n) is 6.19. The van der Waals surface area contributed by atoms with Gasteiger partial charge in [0, 0.05) is 36.2 Å². The second kappa shape index (κ2) is 8.27. The number of nitro benzene ring substituents is 1. The topological polar surface area (TPSA) is 131 Å². The van der Waals surface area contributed by atoms with Crippen LogP contribution in [0, 0.1) is 10.1 Å². The second-order valence-corrected chi connectivity index (χ2v) is 7.29. The lowest BCUT2D eigenvalue weighted by molar-refractivity contribution is -0.384. The van der Waals surface area contributed by atoms with Crippen molar-refractivity contribution in [1.82, 2.24) is 10.2 Å². The van der Waals surface area contributed by atoms with E-state index in [1.807, 2.05) is 0 Å². The third-order valence-electron chi connectivity index (χ3n) is 4.51. The van der Waals surface area contributed by atoms with Gasteiger partial charge >= 0.3 is 6.09 Å². The minimum atomic E-state index is -0.550. The Kier molecular flexibility index (Phi) is 5.78.